The lowest BCUT2D eigenvalue weighted by atomic mass is 10.0. The molecule has 0 radical (unpaired) electrons. The fraction of sp³-hybridized carbons (Fsp3) is 0.294. The predicted molar refractivity (Wildman–Crippen MR) is 87.8 cm³/mol. The second-order valence-corrected chi connectivity index (χ2v) is 4.91. The first kappa shape index (κ1) is 15.8. The largest absolute Gasteiger partial charge is 0.497 e. The van der Waals surface area contributed by atoms with Crippen molar-refractivity contribution in [1.82, 2.24) is 4.98 Å². The Hall–Kier alpha value is -2.56. The molecule has 3 N–H and O–H groups in total. The maximum absolute atomic E-state index is 11.6. The normalized spacial score (nSPS) is 10.3. The zero-order chi connectivity index (χ0) is 16.1. The molecular weight excluding hydrogens is 278 g/mol. The summed E-state index contributed by atoms with van der Waals surface area (Å²) in [7, 11) is 1.63. The molecule has 0 saturated heterocycles. The number of anilines is 2. The lowest BCUT2D eigenvalue weighted by molar-refractivity contribution is 0.0998. The first-order valence-electron chi connectivity index (χ1n) is 7.32. The van der Waals surface area contributed by atoms with Crippen LogP contribution in [0.2, 0.25) is 0 Å². The number of carbonyl (C=O) groups excluding carboxylic acids is 1. The molecule has 0 fully saturated rings. The highest BCUT2D eigenvalue weighted by Gasteiger charge is 2.15. The van der Waals surface area contributed by atoms with Crippen molar-refractivity contribution in [2.45, 2.75) is 26.7 Å². The number of methoxy groups -OCH3 is 1. The van der Waals surface area contributed by atoms with Gasteiger partial charge in [-0.1, -0.05) is 13.8 Å². The van der Waals surface area contributed by atoms with Crippen molar-refractivity contribution >= 4 is 17.4 Å². The van der Waals surface area contributed by atoms with E-state index in [4.69, 9.17) is 10.5 Å². The van der Waals surface area contributed by atoms with E-state index in [1.807, 2.05) is 44.2 Å². The highest BCUT2D eigenvalue weighted by molar-refractivity contribution is 5.95. The third kappa shape index (κ3) is 3.36. The maximum atomic E-state index is 11.6. The van der Waals surface area contributed by atoms with Gasteiger partial charge in [-0.05, 0) is 48.7 Å². The molecule has 0 aliphatic rings. The van der Waals surface area contributed by atoms with Crippen molar-refractivity contribution in [1.29, 1.82) is 0 Å². The first-order valence-corrected chi connectivity index (χ1v) is 7.32. The Labute approximate surface area is 130 Å². The molecular formula is C17H21N3O2. The average Bonchev–Trinajstić information content (AvgIpc) is 2.54. The Bertz CT molecular complexity index is 641. The predicted octanol–water partition coefficient (Wildman–Crippen LogP) is 3.06. The number of benzene rings is 1. The SMILES string of the molecule is CCc1cc(Nc2ccc(OC)cc2)nc(CC)c1C(N)=O. The number of nitrogens with two attached hydrogens (primary N) is 1. The molecule has 0 spiro atoms. The fourth-order valence-electron chi connectivity index (χ4n) is 2.38. The molecule has 116 valence electrons. The summed E-state index contributed by atoms with van der Waals surface area (Å²) in [6.07, 6.45) is 1.38. The summed E-state index contributed by atoms with van der Waals surface area (Å²) in [5.41, 5.74) is 8.58. The van der Waals surface area contributed by atoms with E-state index in [-0.39, 0.29) is 0 Å². The van der Waals surface area contributed by atoms with E-state index in [0.29, 0.717) is 17.8 Å². The van der Waals surface area contributed by atoms with Crippen molar-refractivity contribution in [3.05, 3.63) is 47.2 Å². The van der Waals surface area contributed by atoms with Crippen molar-refractivity contribution < 1.29 is 9.53 Å². The third-order valence-electron chi connectivity index (χ3n) is 3.50. The molecule has 1 aromatic heterocycles. The molecule has 5 heteroatoms. The van der Waals surface area contributed by atoms with Crippen LogP contribution < -0.4 is 15.8 Å². The second-order valence-electron chi connectivity index (χ2n) is 4.91. The number of hydrogen-bond acceptors (Lipinski definition) is 4. The summed E-state index contributed by atoms with van der Waals surface area (Å²) in [6.45, 7) is 3.96. The molecule has 1 amide bonds. The minimum atomic E-state index is -0.419. The molecule has 22 heavy (non-hydrogen) atoms. The van der Waals surface area contributed by atoms with Crippen LogP contribution in [0, 0.1) is 0 Å². The highest BCUT2D eigenvalue weighted by atomic mass is 16.5. The molecule has 0 saturated carbocycles. The van der Waals surface area contributed by atoms with E-state index in [9.17, 15) is 4.79 Å². The molecule has 1 aromatic carbocycles. The zero-order valence-electron chi connectivity index (χ0n) is 13.1. The topological polar surface area (TPSA) is 77.2 Å². The smallest absolute Gasteiger partial charge is 0.250 e. The van der Waals surface area contributed by atoms with E-state index in [0.717, 1.165) is 29.1 Å². The summed E-state index contributed by atoms with van der Waals surface area (Å²) >= 11 is 0. The van der Waals surface area contributed by atoms with Gasteiger partial charge in [0.05, 0.1) is 18.4 Å². The summed E-state index contributed by atoms with van der Waals surface area (Å²) in [4.78, 5) is 16.2. The molecule has 0 aliphatic heterocycles. The number of amides is 1. The maximum Gasteiger partial charge on any atom is 0.250 e. The lowest BCUT2D eigenvalue weighted by Gasteiger charge is -2.14. The van der Waals surface area contributed by atoms with Gasteiger partial charge in [-0.25, -0.2) is 4.98 Å². The summed E-state index contributed by atoms with van der Waals surface area (Å²) < 4.78 is 5.14. The van der Waals surface area contributed by atoms with E-state index in [1.165, 1.54) is 0 Å². The Morgan fingerprint density at radius 1 is 1.23 bits per heavy atom. The van der Waals surface area contributed by atoms with Gasteiger partial charge in [0.1, 0.15) is 11.6 Å². The van der Waals surface area contributed by atoms with Crippen molar-refractivity contribution in [3.63, 3.8) is 0 Å². The zero-order valence-corrected chi connectivity index (χ0v) is 13.1. The number of aryl methyl sites for hydroxylation is 2. The van der Waals surface area contributed by atoms with Gasteiger partial charge in [0.2, 0.25) is 0 Å². The number of rotatable bonds is 6. The van der Waals surface area contributed by atoms with E-state index >= 15 is 0 Å². The van der Waals surface area contributed by atoms with Gasteiger partial charge in [0, 0.05) is 5.69 Å². The van der Waals surface area contributed by atoms with Crippen LogP contribution in [0.25, 0.3) is 0 Å². The lowest BCUT2D eigenvalue weighted by Crippen LogP contribution is -2.18. The first-order chi connectivity index (χ1) is 10.6. The molecule has 0 unspecified atom stereocenters. The van der Waals surface area contributed by atoms with Gasteiger partial charge in [0.15, 0.2) is 0 Å². The molecule has 0 aliphatic carbocycles. The van der Waals surface area contributed by atoms with E-state index in [1.54, 1.807) is 7.11 Å². The number of primary amides is 1. The van der Waals surface area contributed by atoms with Crippen LogP contribution >= 0.6 is 0 Å². The van der Waals surface area contributed by atoms with Gasteiger partial charge in [0.25, 0.3) is 5.91 Å². The van der Waals surface area contributed by atoms with Crippen molar-refractivity contribution in [2.75, 3.05) is 12.4 Å². The van der Waals surface area contributed by atoms with Crippen LogP contribution in [0.15, 0.2) is 30.3 Å². The molecule has 0 bridgehead atoms. The van der Waals surface area contributed by atoms with E-state index in [2.05, 4.69) is 10.3 Å². The molecule has 0 atom stereocenters. The third-order valence-corrected chi connectivity index (χ3v) is 3.50. The number of aromatic nitrogens is 1. The Morgan fingerprint density at radius 2 is 1.91 bits per heavy atom. The molecule has 5 nitrogen and oxygen atoms in total. The minimum Gasteiger partial charge on any atom is -0.497 e. The Kier molecular flexibility index (Phi) is 4.99. The number of pyridine rings is 1. The quantitative estimate of drug-likeness (QED) is 0.859. The number of hydrogen-bond donors (Lipinski definition) is 2. The minimum absolute atomic E-state index is 0.419. The second kappa shape index (κ2) is 6.93. The van der Waals surface area contributed by atoms with Crippen LogP contribution in [0.3, 0.4) is 0 Å². The van der Waals surface area contributed by atoms with Gasteiger partial charge in [-0.3, -0.25) is 4.79 Å². The van der Waals surface area contributed by atoms with E-state index < -0.39 is 5.91 Å². The van der Waals surface area contributed by atoms with Gasteiger partial charge in [-0.15, -0.1) is 0 Å². The van der Waals surface area contributed by atoms with Crippen LogP contribution in [0.5, 0.6) is 5.75 Å². The number of nitrogens with one attached hydrogen (secondary N) is 1. The molecule has 2 rings (SSSR count). The number of ether oxygens (including phenoxy) is 1. The molecule has 1 heterocycles. The summed E-state index contributed by atoms with van der Waals surface area (Å²) in [6, 6.07) is 9.46. The number of carbonyl (C=O) groups is 1. The van der Waals surface area contributed by atoms with Gasteiger partial charge < -0.3 is 15.8 Å². The number of nitrogens with zero attached hydrogens (tertiary/aromatic N) is 1. The monoisotopic (exact) mass is 299 g/mol. The van der Waals surface area contributed by atoms with Crippen LogP contribution in [-0.2, 0) is 12.8 Å². The van der Waals surface area contributed by atoms with Gasteiger partial charge >= 0.3 is 0 Å². The molecule has 2 aromatic rings. The van der Waals surface area contributed by atoms with Crippen LogP contribution in [0.1, 0.15) is 35.5 Å². The summed E-state index contributed by atoms with van der Waals surface area (Å²) in [5, 5.41) is 3.25. The van der Waals surface area contributed by atoms with Crippen molar-refractivity contribution in [3.8, 4) is 5.75 Å². The Morgan fingerprint density at radius 3 is 2.41 bits per heavy atom. The van der Waals surface area contributed by atoms with Crippen molar-refractivity contribution in [2.24, 2.45) is 5.73 Å². The Balaban J connectivity index is 2.36. The van der Waals surface area contributed by atoms with Crippen LogP contribution in [-0.4, -0.2) is 18.0 Å². The highest BCUT2D eigenvalue weighted by Crippen LogP contribution is 2.23. The average molecular weight is 299 g/mol. The fourth-order valence-corrected chi connectivity index (χ4v) is 2.38. The standard InChI is InChI=1S/C17H21N3O2/c1-4-11-10-15(20-14(5-2)16(11)17(18)21)19-12-6-8-13(22-3)9-7-12/h6-10H,4-5H2,1-3H3,(H2,18,21)(H,19,20). The summed E-state index contributed by atoms with van der Waals surface area (Å²) in [5.74, 6) is 1.09. The van der Waals surface area contributed by atoms with Gasteiger partial charge in [-0.2, -0.15) is 0 Å². The van der Waals surface area contributed by atoms with Crippen LogP contribution in [0.4, 0.5) is 11.5 Å².